The SMILES string of the molecule is Cc1nc2c(Cc3ccc(S(=O)(=O)N(C)C(CC(=O)OCc4ccccc4)CC(C)C)cc3)nccc2[nH]1. The number of carbonyl (C=O) groups excluding carboxylic acids is 1. The number of rotatable bonds is 11. The van der Waals surface area contributed by atoms with Gasteiger partial charge in [-0.25, -0.2) is 13.4 Å². The van der Waals surface area contributed by atoms with Gasteiger partial charge in [0.15, 0.2) is 0 Å². The Morgan fingerprint density at radius 3 is 2.42 bits per heavy atom. The fraction of sp³-hybridized carbons (Fsp3) is 0.345. The van der Waals surface area contributed by atoms with Crippen LogP contribution >= 0.6 is 0 Å². The standard InChI is InChI=1S/C29H34N4O4S/c1-20(2)16-24(18-28(34)37-19-23-8-6-5-7-9-23)33(4)38(35,36)25-12-10-22(11-13-25)17-27-29-26(14-15-30-27)31-21(3)32-29/h5-15,20,24H,16-19H2,1-4H3,(H,31,32). The van der Waals surface area contributed by atoms with E-state index in [0.717, 1.165) is 33.7 Å². The molecular weight excluding hydrogens is 500 g/mol. The molecule has 38 heavy (non-hydrogen) atoms. The Bertz CT molecular complexity index is 1480. The van der Waals surface area contributed by atoms with Crippen LogP contribution in [0.2, 0.25) is 0 Å². The summed E-state index contributed by atoms with van der Waals surface area (Å²) in [4.78, 5) is 25.0. The molecule has 0 bridgehead atoms. The smallest absolute Gasteiger partial charge is 0.307 e. The number of nitrogens with one attached hydrogen (secondary N) is 1. The number of pyridine rings is 1. The summed E-state index contributed by atoms with van der Waals surface area (Å²) in [5, 5.41) is 0. The van der Waals surface area contributed by atoms with E-state index in [1.165, 1.54) is 11.4 Å². The zero-order valence-corrected chi connectivity index (χ0v) is 23.0. The number of esters is 1. The number of aromatic amines is 1. The Hall–Kier alpha value is -3.56. The van der Waals surface area contributed by atoms with Gasteiger partial charge in [-0.2, -0.15) is 4.31 Å². The van der Waals surface area contributed by atoms with Crippen LogP contribution in [0.1, 0.15) is 49.3 Å². The third kappa shape index (κ3) is 6.65. The topological polar surface area (TPSA) is 105 Å². The van der Waals surface area contributed by atoms with Crippen LogP contribution in [0.15, 0.2) is 71.8 Å². The lowest BCUT2D eigenvalue weighted by molar-refractivity contribution is -0.146. The minimum Gasteiger partial charge on any atom is -0.461 e. The maximum atomic E-state index is 13.5. The second-order valence-electron chi connectivity index (χ2n) is 9.95. The van der Waals surface area contributed by atoms with Gasteiger partial charge in [-0.05, 0) is 48.6 Å². The Morgan fingerprint density at radius 1 is 1.03 bits per heavy atom. The third-order valence-electron chi connectivity index (χ3n) is 6.47. The lowest BCUT2D eigenvalue weighted by atomic mass is 10.0. The molecule has 1 atom stereocenters. The van der Waals surface area contributed by atoms with Crippen LogP contribution < -0.4 is 0 Å². The average molecular weight is 535 g/mol. The van der Waals surface area contributed by atoms with Crippen molar-refractivity contribution in [1.82, 2.24) is 19.3 Å². The molecule has 0 radical (unpaired) electrons. The molecule has 4 aromatic rings. The van der Waals surface area contributed by atoms with Gasteiger partial charge in [-0.1, -0.05) is 56.3 Å². The molecule has 0 saturated carbocycles. The minimum atomic E-state index is -3.82. The summed E-state index contributed by atoms with van der Waals surface area (Å²) >= 11 is 0. The van der Waals surface area contributed by atoms with Crippen molar-refractivity contribution in [2.75, 3.05) is 7.05 Å². The van der Waals surface area contributed by atoms with Crippen LogP contribution in [-0.4, -0.2) is 46.7 Å². The minimum absolute atomic E-state index is 0.0163. The van der Waals surface area contributed by atoms with Gasteiger partial charge in [-0.15, -0.1) is 0 Å². The first kappa shape index (κ1) is 27.5. The number of H-pyrrole nitrogens is 1. The maximum absolute atomic E-state index is 13.5. The van der Waals surface area contributed by atoms with Crippen molar-refractivity contribution in [2.24, 2.45) is 5.92 Å². The number of ether oxygens (including phenoxy) is 1. The van der Waals surface area contributed by atoms with Gasteiger partial charge >= 0.3 is 5.97 Å². The third-order valence-corrected chi connectivity index (χ3v) is 8.39. The molecule has 0 fully saturated rings. The summed E-state index contributed by atoms with van der Waals surface area (Å²) in [5.41, 5.74) is 4.38. The molecule has 1 N–H and O–H groups in total. The van der Waals surface area contributed by atoms with Crippen LogP contribution in [0.4, 0.5) is 0 Å². The van der Waals surface area contributed by atoms with Gasteiger partial charge in [-0.3, -0.25) is 9.78 Å². The summed E-state index contributed by atoms with van der Waals surface area (Å²) in [6.07, 6.45) is 2.79. The molecule has 1 unspecified atom stereocenters. The fourth-order valence-corrected chi connectivity index (χ4v) is 5.84. The molecule has 2 aromatic heterocycles. The van der Waals surface area contributed by atoms with Crippen molar-refractivity contribution < 1.29 is 17.9 Å². The second kappa shape index (κ2) is 11.9. The molecule has 9 heteroatoms. The Labute approximate surface area is 224 Å². The predicted molar refractivity (Wildman–Crippen MR) is 147 cm³/mol. The molecule has 0 saturated heterocycles. The summed E-state index contributed by atoms with van der Waals surface area (Å²) < 4.78 is 33.8. The number of aryl methyl sites for hydroxylation is 1. The molecule has 0 spiro atoms. The quantitative estimate of drug-likeness (QED) is 0.271. The summed E-state index contributed by atoms with van der Waals surface area (Å²) in [7, 11) is -2.29. The number of fused-ring (bicyclic) bond motifs is 1. The monoisotopic (exact) mass is 534 g/mol. The Balaban J connectivity index is 1.46. The highest BCUT2D eigenvalue weighted by molar-refractivity contribution is 7.89. The van der Waals surface area contributed by atoms with E-state index in [4.69, 9.17) is 4.74 Å². The summed E-state index contributed by atoms with van der Waals surface area (Å²) in [6, 6.07) is 17.6. The van der Waals surface area contributed by atoms with Gasteiger partial charge in [0.2, 0.25) is 10.0 Å². The van der Waals surface area contributed by atoms with E-state index in [1.807, 2.05) is 57.2 Å². The molecule has 2 aromatic carbocycles. The van der Waals surface area contributed by atoms with Crippen molar-refractivity contribution in [3.63, 3.8) is 0 Å². The van der Waals surface area contributed by atoms with E-state index in [-0.39, 0.29) is 23.8 Å². The van der Waals surface area contributed by atoms with Crippen LogP contribution in [-0.2, 0) is 32.6 Å². The van der Waals surface area contributed by atoms with E-state index < -0.39 is 22.0 Å². The maximum Gasteiger partial charge on any atom is 0.307 e. The van der Waals surface area contributed by atoms with Crippen LogP contribution in [0.25, 0.3) is 11.0 Å². The number of nitrogens with zero attached hydrogens (tertiary/aromatic N) is 3. The molecule has 4 rings (SSSR count). The predicted octanol–water partition coefficient (Wildman–Crippen LogP) is 5.03. The Morgan fingerprint density at radius 2 is 1.74 bits per heavy atom. The van der Waals surface area contributed by atoms with Gasteiger partial charge in [0, 0.05) is 25.7 Å². The first-order chi connectivity index (χ1) is 18.1. The fourth-order valence-electron chi connectivity index (χ4n) is 4.47. The van der Waals surface area contributed by atoms with Gasteiger partial charge < -0.3 is 9.72 Å². The Kier molecular flexibility index (Phi) is 8.58. The highest BCUT2D eigenvalue weighted by Crippen LogP contribution is 2.24. The van der Waals surface area contributed by atoms with Gasteiger partial charge in [0.1, 0.15) is 17.9 Å². The van der Waals surface area contributed by atoms with Crippen LogP contribution in [0, 0.1) is 12.8 Å². The number of imidazole rings is 1. The lowest BCUT2D eigenvalue weighted by Gasteiger charge is -2.28. The number of sulfonamides is 1. The number of hydrogen-bond donors (Lipinski definition) is 1. The van der Waals surface area contributed by atoms with E-state index in [9.17, 15) is 13.2 Å². The number of aromatic nitrogens is 3. The van der Waals surface area contributed by atoms with Crippen molar-refractivity contribution in [2.45, 2.75) is 57.6 Å². The van der Waals surface area contributed by atoms with Crippen molar-refractivity contribution in [3.05, 3.63) is 89.5 Å². The molecule has 8 nitrogen and oxygen atoms in total. The number of hydrogen-bond acceptors (Lipinski definition) is 6. The molecule has 2 heterocycles. The van der Waals surface area contributed by atoms with E-state index in [1.54, 1.807) is 30.5 Å². The molecule has 0 aliphatic carbocycles. The van der Waals surface area contributed by atoms with Gasteiger partial charge in [0.05, 0.1) is 22.5 Å². The molecular formula is C29H34N4O4S. The van der Waals surface area contributed by atoms with Crippen molar-refractivity contribution in [3.8, 4) is 0 Å². The zero-order valence-electron chi connectivity index (χ0n) is 22.2. The first-order valence-corrected chi connectivity index (χ1v) is 14.1. The van der Waals surface area contributed by atoms with E-state index >= 15 is 0 Å². The summed E-state index contributed by atoms with van der Waals surface area (Å²) in [6.45, 7) is 6.07. The molecule has 0 aliphatic rings. The van der Waals surface area contributed by atoms with Crippen LogP contribution in [0.5, 0.6) is 0 Å². The zero-order chi connectivity index (χ0) is 27.3. The lowest BCUT2D eigenvalue weighted by Crippen LogP contribution is -2.39. The molecule has 200 valence electrons. The van der Waals surface area contributed by atoms with Crippen molar-refractivity contribution in [1.29, 1.82) is 0 Å². The number of benzene rings is 2. The first-order valence-electron chi connectivity index (χ1n) is 12.7. The second-order valence-corrected chi connectivity index (χ2v) is 11.9. The van der Waals surface area contributed by atoms with E-state index in [0.29, 0.717) is 12.8 Å². The van der Waals surface area contributed by atoms with Crippen molar-refractivity contribution >= 4 is 27.0 Å². The normalized spacial score (nSPS) is 12.8. The largest absolute Gasteiger partial charge is 0.461 e. The molecule has 0 amide bonds. The molecule has 0 aliphatic heterocycles. The highest BCUT2D eigenvalue weighted by atomic mass is 32.2. The number of carbonyl (C=O) groups is 1. The summed E-state index contributed by atoms with van der Waals surface area (Å²) in [5.74, 6) is 0.591. The average Bonchev–Trinajstić information content (AvgIpc) is 3.28. The van der Waals surface area contributed by atoms with E-state index in [2.05, 4.69) is 15.0 Å². The highest BCUT2D eigenvalue weighted by Gasteiger charge is 2.30. The van der Waals surface area contributed by atoms with Crippen LogP contribution in [0.3, 0.4) is 0 Å². The van der Waals surface area contributed by atoms with Gasteiger partial charge in [0.25, 0.3) is 0 Å².